The molecule has 0 saturated carbocycles. The first-order valence-corrected chi connectivity index (χ1v) is 7.41. The van der Waals surface area contributed by atoms with Gasteiger partial charge in [-0.2, -0.15) is 0 Å². The number of benzene rings is 1. The van der Waals surface area contributed by atoms with Gasteiger partial charge in [-0.25, -0.2) is 0 Å². The highest BCUT2D eigenvalue weighted by atomic mass is 16.3. The molecular formula is C17H27NO. The lowest BCUT2D eigenvalue weighted by atomic mass is 9.86. The summed E-state index contributed by atoms with van der Waals surface area (Å²) < 4.78 is 0. The van der Waals surface area contributed by atoms with Crippen molar-refractivity contribution in [3.05, 3.63) is 35.4 Å². The van der Waals surface area contributed by atoms with Crippen molar-refractivity contribution in [2.24, 2.45) is 5.92 Å². The Hall–Kier alpha value is -0.860. The van der Waals surface area contributed by atoms with Gasteiger partial charge in [-0.15, -0.1) is 0 Å². The number of hydrogen-bond acceptors (Lipinski definition) is 2. The molecule has 1 aliphatic heterocycles. The highest BCUT2D eigenvalue weighted by Gasteiger charge is 2.19. The third kappa shape index (κ3) is 4.05. The molecule has 2 rings (SSSR count). The van der Waals surface area contributed by atoms with E-state index in [2.05, 4.69) is 49.9 Å². The van der Waals surface area contributed by atoms with Gasteiger partial charge < -0.3 is 5.11 Å². The van der Waals surface area contributed by atoms with Gasteiger partial charge in [0.2, 0.25) is 0 Å². The largest absolute Gasteiger partial charge is 0.396 e. The molecular weight excluding hydrogens is 234 g/mol. The van der Waals surface area contributed by atoms with E-state index in [4.69, 9.17) is 0 Å². The van der Waals surface area contributed by atoms with Crippen LogP contribution in [-0.2, 0) is 12.0 Å². The average molecular weight is 261 g/mol. The SMILES string of the molecule is CC(C)(C)c1ccc(CN2CCCC(CO)C2)cc1. The molecule has 1 heterocycles. The molecule has 0 spiro atoms. The van der Waals surface area contributed by atoms with E-state index in [1.165, 1.54) is 24.0 Å². The van der Waals surface area contributed by atoms with Crippen molar-refractivity contribution < 1.29 is 5.11 Å². The quantitative estimate of drug-likeness (QED) is 0.903. The number of piperidine rings is 1. The highest BCUT2D eigenvalue weighted by molar-refractivity contribution is 5.27. The molecule has 1 unspecified atom stereocenters. The number of hydrogen-bond donors (Lipinski definition) is 1. The van der Waals surface area contributed by atoms with E-state index in [1.807, 2.05) is 0 Å². The molecule has 1 fully saturated rings. The van der Waals surface area contributed by atoms with Gasteiger partial charge in [0.25, 0.3) is 0 Å². The minimum absolute atomic E-state index is 0.228. The summed E-state index contributed by atoms with van der Waals surface area (Å²) in [6.45, 7) is 10.3. The van der Waals surface area contributed by atoms with Crippen molar-refractivity contribution in [1.29, 1.82) is 0 Å². The van der Waals surface area contributed by atoms with Crippen LogP contribution in [0.25, 0.3) is 0 Å². The fourth-order valence-electron chi connectivity index (χ4n) is 2.81. The van der Waals surface area contributed by atoms with E-state index in [-0.39, 0.29) is 5.41 Å². The second kappa shape index (κ2) is 6.06. The average Bonchev–Trinajstić information content (AvgIpc) is 2.38. The third-order valence-electron chi connectivity index (χ3n) is 4.09. The summed E-state index contributed by atoms with van der Waals surface area (Å²) in [4.78, 5) is 2.47. The molecule has 1 aromatic rings. The number of nitrogens with zero attached hydrogens (tertiary/aromatic N) is 1. The Morgan fingerprint density at radius 3 is 2.47 bits per heavy atom. The molecule has 2 nitrogen and oxygen atoms in total. The van der Waals surface area contributed by atoms with Crippen molar-refractivity contribution in [1.82, 2.24) is 4.90 Å². The van der Waals surface area contributed by atoms with Crippen LogP contribution in [-0.4, -0.2) is 29.7 Å². The zero-order chi connectivity index (χ0) is 13.9. The number of aliphatic hydroxyl groups is 1. The first-order valence-electron chi connectivity index (χ1n) is 7.41. The van der Waals surface area contributed by atoms with Crippen LogP contribution in [0.2, 0.25) is 0 Å². The second-order valence-electron chi connectivity index (χ2n) is 6.87. The Balaban J connectivity index is 1.96. The van der Waals surface area contributed by atoms with Crippen LogP contribution in [0.15, 0.2) is 24.3 Å². The lowest BCUT2D eigenvalue weighted by Gasteiger charge is -2.31. The molecule has 1 N–H and O–H groups in total. The van der Waals surface area contributed by atoms with Gasteiger partial charge in [-0.3, -0.25) is 4.90 Å². The molecule has 0 amide bonds. The highest BCUT2D eigenvalue weighted by Crippen LogP contribution is 2.23. The predicted octanol–water partition coefficient (Wildman–Crippen LogP) is 3.19. The van der Waals surface area contributed by atoms with Crippen LogP contribution in [0.1, 0.15) is 44.7 Å². The maximum atomic E-state index is 9.27. The maximum Gasteiger partial charge on any atom is 0.0471 e. The topological polar surface area (TPSA) is 23.5 Å². The van der Waals surface area contributed by atoms with Crippen LogP contribution in [0, 0.1) is 5.92 Å². The van der Waals surface area contributed by atoms with E-state index >= 15 is 0 Å². The second-order valence-corrected chi connectivity index (χ2v) is 6.87. The Bertz CT molecular complexity index is 391. The Morgan fingerprint density at radius 1 is 1.21 bits per heavy atom. The first kappa shape index (κ1) is 14.5. The molecule has 19 heavy (non-hydrogen) atoms. The molecule has 2 heteroatoms. The summed E-state index contributed by atoms with van der Waals surface area (Å²) in [5.74, 6) is 0.475. The van der Waals surface area contributed by atoms with Crippen LogP contribution >= 0.6 is 0 Å². The number of rotatable bonds is 3. The van der Waals surface area contributed by atoms with E-state index in [0.29, 0.717) is 12.5 Å². The van der Waals surface area contributed by atoms with Crippen LogP contribution in [0.5, 0.6) is 0 Å². The number of aliphatic hydroxyl groups excluding tert-OH is 1. The summed E-state index contributed by atoms with van der Waals surface area (Å²) >= 11 is 0. The molecule has 1 saturated heterocycles. The van der Waals surface area contributed by atoms with Gasteiger partial charge in [-0.05, 0) is 41.8 Å². The van der Waals surface area contributed by atoms with Crippen molar-refractivity contribution in [2.45, 2.75) is 45.6 Å². The van der Waals surface area contributed by atoms with Crippen LogP contribution in [0.3, 0.4) is 0 Å². The zero-order valence-corrected chi connectivity index (χ0v) is 12.5. The van der Waals surface area contributed by atoms with Crippen molar-refractivity contribution in [3.63, 3.8) is 0 Å². The van der Waals surface area contributed by atoms with Crippen LogP contribution in [0.4, 0.5) is 0 Å². The Kier molecular flexibility index (Phi) is 4.64. The van der Waals surface area contributed by atoms with Crippen LogP contribution < -0.4 is 0 Å². The van der Waals surface area contributed by atoms with Gasteiger partial charge in [-0.1, -0.05) is 45.0 Å². The molecule has 0 bridgehead atoms. The molecule has 1 aromatic carbocycles. The maximum absolute atomic E-state index is 9.27. The molecule has 0 radical (unpaired) electrons. The fourth-order valence-corrected chi connectivity index (χ4v) is 2.81. The lowest BCUT2D eigenvalue weighted by Crippen LogP contribution is -2.36. The predicted molar refractivity (Wildman–Crippen MR) is 80.2 cm³/mol. The Morgan fingerprint density at radius 2 is 1.89 bits per heavy atom. The smallest absolute Gasteiger partial charge is 0.0471 e. The summed E-state index contributed by atoms with van der Waals surface area (Å²) in [5, 5.41) is 9.27. The van der Waals surface area contributed by atoms with Gasteiger partial charge in [0, 0.05) is 19.7 Å². The lowest BCUT2D eigenvalue weighted by molar-refractivity contribution is 0.116. The van der Waals surface area contributed by atoms with Crippen molar-refractivity contribution in [3.8, 4) is 0 Å². The van der Waals surface area contributed by atoms with E-state index in [1.54, 1.807) is 0 Å². The minimum Gasteiger partial charge on any atom is -0.396 e. The van der Waals surface area contributed by atoms with Gasteiger partial charge in [0.1, 0.15) is 0 Å². The van der Waals surface area contributed by atoms with Gasteiger partial charge in [0.05, 0.1) is 0 Å². The van der Waals surface area contributed by atoms with Gasteiger partial charge >= 0.3 is 0 Å². The van der Waals surface area contributed by atoms with Gasteiger partial charge in [0.15, 0.2) is 0 Å². The molecule has 0 aliphatic carbocycles. The number of likely N-dealkylation sites (tertiary alicyclic amines) is 1. The standard InChI is InChI=1S/C17H27NO/c1-17(2,3)16-8-6-14(7-9-16)11-18-10-4-5-15(12-18)13-19/h6-9,15,19H,4-5,10-13H2,1-3H3. The molecule has 1 atom stereocenters. The monoisotopic (exact) mass is 261 g/mol. The Labute approximate surface area is 117 Å². The minimum atomic E-state index is 0.228. The van der Waals surface area contributed by atoms with E-state index in [0.717, 1.165) is 19.6 Å². The molecule has 0 aromatic heterocycles. The fraction of sp³-hybridized carbons (Fsp3) is 0.647. The molecule has 1 aliphatic rings. The normalized spacial score (nSPS) is 21.6. The summed E-state index contributed by atoms with van der Waals surface area (Å²) in [5.41, 5.74) is 3.00. The first-order chi connectivity index (χ1) is 8.99. The zero-order valence-electron chi connectivity index (χ0n) is 12.5. The van der Waals surface area contributed by atoms with E-state index < -0.39 is 0 Å². The summed E-state index contributed by atoms with van der Waals surface area (Å²) in [6.07, 6.45) is 2.39. The molecule has 106 valence electrons. The third-order valence-corrected chi connectivity index (χ3v) is 4.09. The van der Waals surface area contributed by atoms with E-state index in [9.17, 15) is 5.11 Å². The van der Waals surface area contributed by atoms with Crippen molar-refractivity contribution in [2.75, 3.05) is 19.7 Å². The van der Waals surface area contributed by atoms with Crippen molar-refractivity contribution >= 4 is 0 Å². The summed E-state index contributed by atoms with van der Waals surface area (Å²) in [6, 6.07) is 9.01. The summed E-state index contributed by atoms with van der Waals surface area (Å²) in [7, 11) is 0.